The fourth-order valence-electron chi connectivity index (χ4n) is 5.38. The number of alkyl carbamates (subject to hydrolysis) is 1. The molecule has 3 aliphatic rings. The molecule has 7 nitrogen and oxygen atoms in total. The highest BCUT2D eigenvalue weighted by molar-refractivity contribution is 5.80. The number of carbonyl (C=O) groups excluding carboxylic acids is 2. The Hall–Kier alpha value is -3.35. The molecule has 2 fully saturated rings. The Morgan fingerprint density at radius 1 is 1.00 bits per heavy atom. The summed E-state index contributed by atoms with van der Waals surface area (Å²) in [7, 11) is 0. The lowest BCUT2D eigenvalue weighted by Crippen LogP contribution is -2.36. The summed E-state index contributed by atoms with van der Waals surface area (Å²) in [5.41, 5.74) is 4.71. The van der Waals surface area contributed by atoms with E-state index in [0.717, 1.165) is 12.8 Å². The zero-order valence-electron chi connectivity index (χ0n) is 19.1. The average molecular weight is 463 g/mol. The van der Waals surface area contributed by atoms with E-state index in [1.54, 1.807) is 4.90 Å². The van der Waals surface area contributed by atoms with Gasteiger partial charge >= 0.3 is 12.1 Å². The Morgan fingerprint density at radius 2 is 1.65 bits per heavy atom. The molecule has 0 radical (unpaired) electrons. The predicted molar refractivity (Wildman–Crippen MR) is 126 cm³/mol. The number of nitrogens with zero attached hydrogens (tertiary/aromatic N) is 1. The molecular weight excluding hydrogens is 432 g/mol. The van der Waals surface area contributed by atoms with Crippen LogP contribution in [0.4, 0.5) is 4.79 Å². The third-order valence-corrected chi connectivity index (χ3v) is 7.47. The van der Waals surface area contributed by atoms with Crippen LogP contribution in [0.3, 0.4) is 0 Å². The summed E-state index contributed by atoms with van der Waals surface area (Å²) in [6, 6.07) is 16.4. The average Bonchev–Trinajstić information content (AvgIpc) is 3.47. The van der Waals surface area contributed by atoms with Gasteiger partial charge in [0.05, 0.1) is 5.92 Å². The number of aliphatic carboxylic acids is 1. The minimum absolute atomic E-state index is 0.0105. The number of ether oxygens (including phenoxy) is 1. The zero-order valence-corrected chi connectivity index (χ0v) is 19.1. The van der Waals surface area contributed by atoms with Crippen LogP contribution in [-0.4, -0.2) is 54.2 Å². The molecule has 2 amide bonds. The van der Waals surface area contributed by atoms with Crippen molar-refractivity contribution in [2.24, 2.45) is 17.8 Å². The standard InChI is InChI=1S/C27H30N2O5/c30-25(29-12-11-18(15-29)26(31)32)13-19(17-9-10-17)14-28-27(33)34-16-24-22-7-3-1-5-20(22)21-6-2-4-8-23(21)24/h1-8,17-19,24H,9-16H2,(H,28,33)(H,31,32). The molecule has 0 aromatic heterocycles. The summed E-state index contributed by atoms with van der Waals surface area (Å²) in [5.74, 6) is -0.841. The number of carboxylic acid groups (broad SMARTS) is 1. The van der Waals surface area contributed by atoms with Crippen LogP contribution in [-0.2, 0) is 14.3 Å². The molecule has 2 atom stereocenters. The summed E-state index contributed by atoms with van der Waals surface area (Å²) in [5, 5.41) is 12.0. The molecule has 2 aromatic carbocycles. The van der Waals surface area contributed by atoms with Gasteiger partial charge in [0, 0.05) is 32.0 Å². The lowest BCUT2D eigenvalue weighted by Gasteiger charge is -2.21. The maximum atomic E-state index is 12.7. The van der Waals surface area contributed by atoms with Gasteiger partial charge in [0.2, 0.25) is 5.91 Å². The first-order chi connectivity index (χ1) is 16.5. The zero-order chi connectivity index (χ0) is 23.7. The molecule has 1 saturated heterocycles. The molecule has 2 unspecified atom stereocenters. The van der Waals surface area contributed by atoms with Crippen molar-refractivity contribution >= 4 is 18.0 Å². The van der Waals surface area contributed by atoms with Crippen LogP contribution in [0.5, 0.6) is 0 Å². The number of carbonyl (C=O) groups is 3. The van der Waals surface area contributed by atoms with Crippen molar-refractivity contribution in [3.63, 3.8) is 0 Å². The second-order valence-corrected chi connectivity index (χ2v) is 9.67. The van der Waals surface area contributed by atoms with Crippen LogP contribution in [0.15, 0.2) is 48.5 Å². The van der Waals surface area contributed by atoms with Crippen molar-refractivity contribution < 1.29 is 24.2 Å². The van der Waals surface area contributed by atoms with Crippen LogP contribution < -0.4 is 5.32 Å². The van der Waals surface area contributed by atoms with E-state index < -0.39 is 18.0 Å². The maximum Gasteiger partial charge on any atom is 0.407 e. The highest BCUT2D eigenvalue weighted by Crippen LogP contribution is 2.44. The molecule has 34 heavy (non-hydrogen) atoms. The predicted octanol–water partition coefficient (Wildman–Crippen LogP) is 3.87. The molecule has 2 aliphatic carbocycles. The quantitative estimate of drug-likeness (QED) is 0.621. The summed E-state index contributed by atoms with van der Waals surface area (Å²) >= 11 is 0. The monoisotopic (exact) mass is 462 g/mol. The Kier molecular flexibility index (Phi) is 6.26. The van der Waals surface area contributed by atoms with Gasteiger partial charge in [-0.1, -0.05) is 48.5 Å². The number of fused-ring (bicyclic) bond motifs is 3. The van der Waals surface area contributed by atoms with E-state index in [4.69, 9.17) is 4.74 Å². The topological polar surface area (TPSA) is 95.9 Å². The van der Waals surface area contributed by atoms with Crippen LogP contribution in [0.25, 0.3) is 11.1 Å². The molecule has 1 aliphatic heterocycles. The summed E-state index contributed by atoms with van der Waals surface area (Å²) in [6.07, 6.45) is 2.49. The fourth-order valence-corrected chi connectivity index (χ4v) is 5.38. The Labute approximate surface area is 199 Å². The molecular formula is C27H30N2O5. The van der Waals surface area contributed by atoms with E-state index in [2.05, 4.69) is 29.6 Å². The van der Waals surface area contributed by atoms with E-state index in [1.165, 1.54) is 22.3 Å². The maximum absolute atomic E-state index is 12.7. The van der Waals surface area contributed by atoms with Gasteiger partial charge < -0.3 is 20.1 Å². The van der Waals surface area contributed by atoms with Gasteiger partial charge in [-0.15, -0.1) is 0 Å². The highest BCUT2D eigenvalue weighted by atomic mass is 16.5. The Morgan fingerprint density at radius 3 is 2.24 bits per heavy atom. The number of hydrogen-bond acceptors (Lipinski definition) is 4. The van der Waals surface area contributed by atoms with E-state index in [-0.39, 0.29) is 30.9 Å². The van der Waals surface area contributed by atoms with Crippen LogP contribution in [0.2, 0.25) is 0 Å². The SMILES string of the molecule is O=C(NCC(CC(=O)N1CCC(C(=O)O)C1)C1CC1)OCC1c2ccccc2-c2ccccc21. The van der Waals surface area contributed by atoms with Gasteiger partial charge in [-0.3, -0.25) is 9.59 Å². The lowest BCUT2D eigenvalue weighted by molar-refractivity contribution is -0.141. The van der Waals surface area contributed by atoms with E-state index >= 15 is 0 Å². The Bertz CT molecular complexity index is 1050. The van der Waals surface area contributed by atoms with Gasteiger partial charge in [0.25, 0.3) is 0 Å². The number of nitrogens with one attached hydrogen (secondary N) is 1. The largest absolute Gasteiger partial charge is 0.481 e. The summed E-state index contributed by atoms with van der Waals surface area (Å²) < 4.78 is 5.62. The second kappa shape index (κ2) is 9.49. The lowest BCUT2D eigenvalue weighted by atomic mass is 9.98. The van der Waals surface area contributed by atoms with Crippen molar-refractivity contribution in [3.8, 4) is 11.1 Å². The van der Waals surface area contributed by atoms with Gasteiger partial charge in [-0.25, -0.2) is 4.79 Å². The minimum Gasteiger partial charge on any atom is -0.481 e. The second-order valence-electron chi connectivity index (χ2n) is 9.67. The summed E-state index contributed by atoms with van der Waals surface area (Å²) in [6.45, 7) is 1.43. The van der Waals surface area contributed by atoms with E-state index in [1.807, 2.05) is 24.3 Å². The number of benzene rings is 2. The first-order valence-electron chi connectivity index (χ1n) is 12.1. The molecule has 1 heterocycles. The number of likely N-dealkylation sites (tertiary alicyclic amines) is 1. The van der Waals surface area contributed by atoms with Crippen LogP contribution >= 0.6 is 0 Å². The third-order valence-electron chi connectivity index (χ3n) is 7.47. The minimum atomic E-state index is -0.842. The molecule has 7 heteroatoms. The molecule has 2 N–H and O–H groups in total. The van der Waals surface area contributed by atoms with Gasteiger partial charge in [-0.2, -0.15) is 0 Å². The molecule has 0 spiro atoms. The fraction of sp³-hybridized carbons (Fsp3) is 0.444. The van der Waals surface area contributed by atoms with Gasteiger partial charge in [0.15, 0.2) is 0 Å². The van der Waals surface area contributed by atoms with Crippen LogP contribution in [0, 0.1) is 17.8 Å². The van der Waals surface area contributed by atoms with Gasteiger partial charge in [-0.05, 0) is 53.4 Å². The number of hydrogen-bond donors (Lipinski definition) is 2. The van der Waals surface area contributed by atoms with Crippen molar-refractivity contribution in [1.82, 2.24) is 10.2 Å². The van der Waals surface area contributed by atoms with E-state index in [0.29, 0.717) is 31.8 Å². The number of carboxylic acids is 1. The first-order valence-corrected chi connectivity index (χ1v) is 12.1. The highest BCUT2D eigenvalue weighted by Gasteiger charge is 2.36. The van der Waals surface area contributed by atoms with Crippen molar-refractivity contribution in [2.75, 3.05) is 26.2 Å². The number of rotatable bonds is 8. The van der Waals surface area contributed by atoms with E-state index in [9.17, 15) is 19.5 Å². The van der Waals surface area contributed by atoms with Crippen molar-refractivity contribution in [3.05, 3.63) is 59.7 Å². The molecule has 178 valence electrons. The summed E-state index contributed by atoms with van der Waals surface area (Å²) in [4.78, 5) is 38.1. The normalized spacial score (nSPS) is 19.9. The van der Waals surface area contributed by atoms with Crippen molar-refractivity contribution in [2.45, 2.75) is 31.6 Å². The first kappa shape index (κ1) is 22.4. The number of amides is 2. The molecule has 1 saturated carbocycles. The third kappa shape index (κ3) is 4.65. The smallest absolute Gasteiger partial charge is 0.407 e. The molecule has 0 bridgehead atoms. The van der Waals surface area contributed by atoms with Crippen LogP contribution in [0.1, 0.15) is 42.7 Å². The van der Waals surface area contributed by atoms with Crippen molar-refractivity contribution in [1.29, 1.82) is 0 Å². The van der Waals surface area contributed by atoms with Gasteiger partial charge in [0.1, 0.15) is 6.61 Å². The molecule has 5 rings (SSSR count). The Balaban J connectivity index is 1.14. The molecule has 2 aromatic rings.